The number of hydrogen-bond donors (Lipinski definition) is 1. The lowest BCUT2D eigenvalue weighted by atomic mass is 10.0. The Labute approximate surface area is 202 Å². The Morgan fingerprint density at radius 1 is 0.941 bits per heavy atom. The van der Waals surface area contributed by atoms with Gasteiger partial charge in [-0.2, -0.15) is 0 Å². The molecule has 34 heavy (non-hydrogen) atoms. The lowest BCUT2D eigenvalue weighted by molar-refractivity contribution is 0.192. The highest BCUT2D eigenvalue weighted by molar-refractivity contribution is 7.92. The molecular formula is C27H31N3O3S. The maximum Gasteiger partial charge on any atom is 0.324 e. The van der Waals surface area contributed by atoms with E-state index in [1.165, 1.54) is 5.56 Å². The van der Waals surface area contributed by atoms with Crippen LogP contribution in [0.4, 0.5) is 16.2 Å². The van der Waals surface area contributed by atoms with E-state index in [0.717, 1.165) is 17.5 Å². The summed E-state index contributed by atoms with van der Waals surface area (Å²) >= 11 is 0. The summed E-state index contributed by atoms with van der Waals surface area (Å²) in [5.74, 6) is 0.469. The first-order valence-electron chi connectivity index (χ1n) is 11.6. The second kappa shape index (κ2) is 9.89. The Kier molecular flexibility index (Phi) is 6.93. The number of carbonyl (C=O) groups is 1. The van der Waals surface area contributed by atoms with Crippen LogP contribution in [0.25, 0.3) is 0 Å². The van der Waals surface area contributed by atoms with Gasteiger partial charge in [0.2, 0.25) is 0 Å². The summed E-state index contributed by atoms with van der Waals surface area (Å²) in [6.45, 7) is 8.07. The second-order valence-corrected chi connectivity index (χ2v) is 10.8. The van der Waals surface area contributed by atoms with E-state index in [1.54, 1.807) is 47.4 Å². The van der Waals surface area contributed by atoms with Gasteiger partial charge in [-0.15, -0.1) is 0 Å². The van der Waals surface area contributed by atoms with E-state index in [9.17, 15) is 13.2 Å². The van der Waals surface area contributed by atoms with Gasteiger partial charge in [0.25, 0.3) is 10.0 Å². The third-order valence-electron chi connectivity index (χ3n) is 6.07. The van der Waals surface area contributed by atoms with Crippen LogP contribution in [-0.2, 0) is 16.6 Å². The summed E-state index contributed by atoms with van der Waals surface area (Å²) in [5, 5.41) is 0. The Morgan fingerprint density at radius 2 is 1.65 bits per heavy atom. The van der Waals surface area contributed by atoms with Crippen LogP contribution in [0.3, 0.4) is 0 Å². The van der Waals surface area contributed by atoms with Crippen LogP contribution < -0.4 is 9.62 Å². The highest BCUT2D eigenvalue weighted by Crippen LogP contribution is 2.26. The maximum atomic E-state index is 13.3. The standard InChI is InChI=1S/C27H31N3O3S/c1-20(2)23-12-10-22(11-13-23)19-29-16-5-17-30(27(29)31)25-7-4-6-24(18-25)28-34(32,33)26-14-8-21(3)9-15-26/h4,6-15,18,20,28H,5,16-17,19H2,1-3H3. The Hall–Kier alpha value is -3.32. The van der Waals surface area contributed by atoms with Gasteiger partial charge in [-0.1, -0.05) is 61.9 Å². The predicted octanol–water partition coefficient (Wildman–Crippen LogP) is 5.75. The normalized spacial score (nSPS) is 14.5. The van der Waals surface area contributed by atoms with Gasteiger partial charge in [0.15, 0.2) is 0 Å². The van der Waals surface area contributed by atoms with E-state index in [4.69, 9.17) is 0 Å². The van der Waals surface area contributed by atoms with E-state index >= 15 is 0 Å². The van der Waals surface area contributed by atoms with Crippen molar-refractivity contribution < 1.29 is 13.2 Å². The highest BCUT2D eigenvalue weighted by Gasteiger charge is 2.27. The molecule has 0 radical (unpaired) electrons. The number of urea groups is 1. The monoisotopic (exact) mass is 477 g/mol. The number of anilines is 2. The molecule has 1 aliphatic rings. The molecule has 1 heterocycles. The molecule has 0 atom stereocenters. The van der Waals surface area contributed by atoms with Gasteiger partial charge in [0.05, 0.1) is 10.6 Å². The minimum Gasteiger partial charge on any atom is -0.320 e. The molecule has 0 aromatic heterocycles. The Bertz CT molecular complexity index is 1250. The van der Waals surface area contributed by atoms with Crippen molar-refractivity contribution in [2.24, 2.45) is 0 Å². The summed E-state index contributed by atoms with van der Waals surface area (Å²) < 4.78 is 28.2. The van der Waals surface area contributed by atoms with Crippen LogP contribution in [0, 0.1) is 6.92 Å². The van der Waals surface area contributed by atoms with Crippen molar-refractivity contribution in [3.63, 3.8) is 0 Å². The fraction of sp³-hybridized carbons (Fsp3) is 0.296. The van der Waals surface area contributed by atoms with E-state index < -0.39 is 10.0 Å². The molecule has 0 spiro atoms. The molecule has 7 heteroatoms. The first kappa shape index (κ1) is 23.8. The highest BCUT2D eigenvalue weighted by atomic mass is 32.2. The summed E-state index contributed by atoms with van der Waals surface area (Å²) in [6, 6.07) is 22.0. The van der Waals surface area contributed by atoms with Gasteiger partial charge in [0.1, 0.15) is 0 Å². The number of hydrogen-bond acceptors (Lipinski definition) is 3. The van der Waals surface area contributed by atoms with Crippen LogP contribution in [0.1, 0.15) is 42.9 Å². The first-order chi connectivity index (χ1) is 16.2. The van der Waals surface area contributed by atoms with E-state index in [0.29, 0.717) is 36.9 Å². The van der Waals surface area contributed by atoms with Crippen molar-refractivity contribution in [3.8, 4) is 0 Å². The van der Waals surface area contributed by atoms with Gasteiger partial charge in [0, 0.05) is 25.3 Å². The van der Waals surface area contributed by atoms with Crippen LogP contribution in [0.15, 0.2) is 77.7 Å². The molecule has 1 aliphatic heterocycles. The number of rotatable bonds is 7. The van der Waals surface area contributed by atoms with E-state index in [1.807, 2.05) is 17.9 Å². The van der Waals surface area contributed by atoms with Crippen molar-refractivity contribution in [2.75, 3.05) is 22.7 Å². The molecule has 1 saturated heterocycles. The lowest BCUT2D eigenvalue weighted by Gasteiger charge is -2.36. The second-order valence-electron chi connectivity index (χ2n) is 9.07. The van der Waals surface area contributed by atoms with Crippen molar-refractivity contribution in [1.29, 1.82) is 0 Å². The minimum atomic E-state index is -3.72. The predicted molar refractivity (Wildman–Crippen MR) is 137 cm³/mol. The van der Waals surface area contributed by atoms with Crippen LogP contribution in [0.2, 0.25) is 0 Å². The van der Waals surface area contributed by atoms with Crippen molar-refractivity contribution in [2.45, 2.75) is 44.6 Å². The van der Waals surface area contributed by atoms with E-state index in [-0.39, 0.29) is 10.9 Å². The fourth-order valence-corrected chi connectivity index (χ4v) is 5.11. The van der Waals surface area contributed by atoms with Crippen molar-refractivity contribution in [3.05, 3.63) is 89.5 Å². The molecule has 0 aliphatic carbocycles. The third-order valence-corrected chi connectivity index (χ3v) is 7.47. The van der Waals surface area contributed by atoms with Gasteiger partial charge in [-0.05, 0) is 60.7 Å². The minimum absolute atomic E-state index is 0.0715. The molecule has 0 unspecified atom stereocenters. The zero-order valence-corrected chi connectivity index (χ0v) is 20.7. The zero-order valence-electron chi connectivity index (χ0n) is 19.9. The summed E-state index contributed by atoms with van der Waals surface area (Å²) in [4.78, 5) is 17.0. The smallest absolute Gasteiger partial charge is 0.320 e. The molecule has 178 valence electrons. The average molecular weight is 478 g/mol. The van der Waals surface area contributed by atoms with E-state index in [2.05, 4.69) is 42.8 Å². The van der Waals surface area contributed by atoms with Gasteiger partial charge >= 0.3 is 6.03 Å². The number of benzene rings is 3. The molecule has 0 bridgehead atoms. The SMILES string of the molecule is Cc1ccc(S(=O)(=O)Nc2cccc(N3CCCN(Cc4ccc(C(C)C)cc4)C3=O)c2)cc1. The molecular weight excluding hydrogens is 446 g/mol. The fourth-order valence-electron chi connectivity index (χ4n) is 4.07. The molecule has 3 aromatic rings. The number of aryl methyl sites for hydroxylation is 1. The van der Waals surface area contributed by atoms with Crippen molar-refractivity contribution in [1.82, 2.24) is 4.90 Å². The molecule has 0 saturated carbocycles. The van der Waals surface area contributed by atoms with Gasteiger partial charge in [-0.3, -0.25) is 9.62 Å². The average Bonchev–Trinajstić information content (AvgIpc) is 2.81. The van der Waals surface area contributed by atoms with Crippen LogP contribution in [0.5, 0.6) is 0 Å². The maximum absolute atomic E-state index is 13.3. The quantitative estimate of drug-likeness (QED) is 0.471. The summed E-state index contributed by atoms with van der Waals surface area (Å²) in [6.07, 6.45) is 0.842. The van der Waals surface area contributed by atoms with Gasteiger partial charge < -0.3 is 4.90 Å². The first-order valence-corrected chi connectivity index (χ1v) is 13.1. The summed E-state index contributed by atoms with van der Waals surface area (Å²) in [7, 11) is -3.72. The largest absolute Gasteiger partial charge is 0.324 e. The number of carbonyl (C=O) groups excluding carboxylic acids is 1. The lowest BCUT2D eigenvalue weighted by Crippen LogP contribution is -2.49. The number of nitrogens with one attached hydrogen (secondary N) is 1. The van der Waals surface area contributed by atoms with Crippen LogP contribution in [-0.4, -0.2) is 32.4 Å². The van der Waals surface area contributed by atoms with Crippen LogP contribution >= 0.6 is 0 Å². The molecule has 3 aromatic carbocycles. The number of amides is 2. The summed E-state index contributed by atoms with van der Waals surface area (Å²) in [5.41, 5.74) is 4.46. The zero-order chi connectivity index (χ0) is 24.3. The van der Waals surface area contributed by atoms with Crippen molar-refractivity contribution >= 4 is 27.4 Å². The number of nitrogens with zero attached hydrogens (tertiary/aromatic N) is 2. The Morgan fingerprint density at radius 3 is 2.32 bits per heavy atom. The molecule has 4 rings (SSSR count). The number of sulfonamides is 1. The molecule has 2 amide bonds. The third kappa shape index (κ3) is 5.42. The molecule has 1 N–H and O–H groups in total. The van der Waals surface area contributed by atoms with Gasteiger partial charge in [-0.25, -0.2) is 13.2 Å². The topological polar surface area (TPSA) is 69.7 Å². The molecule has 1 fully saturated rings. The Balaban J connectivity index is 1.49. The molecule has 6 nitrogen and oxygen atoms in total.